The summed E-state index contributed by atoms with van der Waals surface area (Å²) < 4.78 is 4.95. The van der Waals surface area contributed by atoms with Gasteiger partial charge in [-0.2, -0.15) is 0 Å². The molecule has 3 heteroatoms. The first-order valence-electron chi connectivity index (χ1n) is 5.55. The predicted molar refractivity (Wildman–Crippen MR) is 65.7 cm³/mol. The van der Waals surface area contributed by atoms with Crippen LogP contribution in [0.1, 0.15) is 31.1 Å². The number of hydrogen-bond acceptors (Lipinski definition) is 3. The minimum Gasteiger partial charge on any atom is -0.363 e. The number of hydrogen-bond donors (Lipinski definition) is 0. The smallest absolute Gasteiger partial charge is 0.173 e. The lowest BCUT2D eigenvalue weighted by molar-refractivity contribution is 0.0858. The topological polar surface area (TPSA) is 43.1 Å². The second kappa shape index (κ2) is 4.17. The van der Waals surface area contributed by atoms with Crippen LogP contribution in [0.2, 0.25) is 0 Å². The van der Waals surface area contributed by atoms with Crippen LogP contribution >= 0.6 is 0 Å². The second-order valence-corrected chi connectivity index (χ2v) is 5.02. The van der Waals surface area contributed by atoms with E-state index in [1.165, 1.54) is 6.26 Å². The van der Waals surface area contributed by atoms with E-state index in [2.05, 4.69) is 5.16 Å². The first kappa shape index (κ1) is 11.6. The first-order valence-corrected chi connectivity index (χ1v) is 5.55. The van der Waals surface area contributed by atoms with Gasteiger partial charge < -0.3 is 4.52 Å². The highest BCUT2D eigenvalue weighted by atomic mass is 16.5. The minimum absolute atomic E-state index is 0.0394. The van der Waals surface area contributed by atoms with Crippen molar-refractivity contribution in [3.8, 4) is 11.3 Å². The average molecular weight is 229 g/mol. The van der Waals surface area contributed by atoms with Gasteiger partial charge in [-0.05, 0) is 0 Å². The van der Waals surface area contributed by atoms with Crippen LogP contribution in [0.4, 0.5) is 0 Å². The maximum Gasteiger partial charge on any atom is 0.173 e. The molecule has 1 aromatic carbocycles. The van der Waals surface area contributed by atoms with E-state index in [9.17, 15) is 4.79 Å². The fraction of sp³-hybridized carbons (Fsp3) is 0.286. The molecule has 0 spiro atoms. The van der Waals surface area contributed by atoms with Crippen molar-refractivity contribution in [3.05, 3.63) is 42.2 Å². The second-order valence-electron chi connectivity index (χ2n) is 5.02. The Labute approximate surface area is 100 Å². The van der Waals surface area contributed by atoms with Crippen LogP contribution in [0, 0.1) is 5.41 Å². The maximum atomic E-state index is 12.2. The molecule has 0 saturated heterocycles. The van der Waals surface area contributed by atoms with Crippen molar-refractivity contribution in [1.29, 1.82) is 0 Å². The summed E-state index contributed by atoms with van der Waals surface area (Å²) in [6.45, 7) is 5.66. The number of carbonyl (C=O) groups is 1. The van der Waals surface area contributed by atoms with E-state index in [-0.39, 0.29) is 5.78 Å². The molecule has 0 aliphatic heterocycles. The van der Waals surface area contributed by atoms with Crippen LogP contribution in [0.15, 0.2) is 41.1 Å². The number of ketones is 1. The summed E-state index contributed by atoms with van der Waals surface area (Å²) in [5, 5.41) is 3.93. The van der Waals surface area contributed by atoms with Crippen LogP contribution in [-0.2, 0) is 0 Å². The van der Waals surface area contributed by atoms with Crippen LogP contribution in [0.3, 0.4) is 0 Å². The maximum absolute atomic E-state index is 12.2. The fourth-order valence-corrected chi connectivity index (χ4v) is 1.61. The molecule has 2 aromatic rings. The Bertz CT molecular complexity index is 521. The molecule has 3 nitrogen and oxygen atoms in total. The van der Waals surface area contributed by atoms with E-state index in [1.807, 2.05) is 51.1 Å². The zero-order valence-corrected chi connectivity index (χ0v) is 10.2. The Morgan fingerprint density at radius 3 is 2.41 bits per heavy atom. The molecule has 1 aromatic heterocycles. The van der Waals surface area contributed by atoms with Gasteiger partial charge in [-0.3, -0.25) is 4.79 Å². The molecule has 0 aliphatic carbocycles. The molecule has 0 amide bonds. The lowest BCUT2D eigenvalue weighted by Crippen LogP contribution is -2.20. The highest BCUT2D eigenvalue weighted by molar-refractivity contribution is 6.04. The number of nitrogens with zero attached hydrogens (tertiary/aromatic N) is 1. The van der Waals surface area contributed by atoms with Gasteiger partial charge in [-0.25, -0.2) is 0 Å². The summed E-state index contributed by atoms with van der Waals surface area (Å²) in [5.74, 6) is 0.0394. The number of carbonyl (C=O) groups excluding carboxylic acids is 1. The standard InChI is InChI=1S/C14H15NO2/c1-14(2,3)13(16)11-9-17-15-12(11)10-7-5-4-6-8-10/h4-9H,1-3H3. The van der Waals surface area contributed by atoms with Crippen LogP contribution < -0.4 is 0 Å². The molecule has 0 bridgehead atoms. The molecule has 0 saturated carbocycles. The van der Waals surface area contributed by atoms with E-state index >= 15 is 0 Å². The molecule has 88 valence electrons. The molecule has 1 heterocycles. The van der Waals surface area contributed by atoms with Crippen molar-refractivity contribution in [1.82, 2.24) is 5.16 Å². The Morgan fingerprint density at radius 1 is 1.18 bits per heavy atom. The van der Waals surface area contributed by atoms with E-state index in [0.29, 0.717) is 11.3 Å². The Morgan fingerprint density at radius 2 is 1.82 bits per heavy atom. The Hall–Kier alpha value is -1.90. The molecule has 17 heavy (non-hydrogen) atoms. The molecule has 2 rings (SSSR count). The van der Waals surface area contributed by atoms with Crippen LogP contribution in [-0.4, -0.2) is 10.9 Å². The number of benzene rings is 1. The largest absolute Gasteiger partial charge is 0.363 e. The van der Waals surface area contributed by atoms with Crippen molar-refractivity contribution in [2.45, 2.75) is 20.8 Å². The van der Waals surface area contributed by atoms with E-state index in [4.69, 9.17) is 4.52 Å². The Kier molecular flexibility index (Phi) is 2.84. The van der Waals surface area contributed by atoms with Gasteiger partial charge in [-0.15, -0.1) is 0 Å². The van der Waals surface area contributed by atoms with Gasteiger partial charge >= 0.3 is 0 Å². The third-order valence-corrected chi connectivity index (χ3v) is 2.54. The lowest BCUT2D eigenvalue weighted by Gasteiger charge is -2.15. The van der Waals surface area contributed by atoms with Gasteiger partial charge in [0.1, 0.15) is 12.0 Å². The molecule has 0 atom stereocenters. The van der Waals surface area contributed by atoms with E-state index in [1.54, 1.807) is 0 Å². The summed E-state index contributed by atoms with van der Waals surface area (Å²) in [4.78, 5) is 12.2. The molecule has 0 fully saturated rings. The highest BCUT2D eigenvalue weighted by Gasteiger charge is 2.27. The zero-order valence-electron chi connectivity index (χ0n) is 10.2. The number of aromatic nitrogens is 1. The van der Waals surface area contributed by atoms with E-state index < -0.39 is 5.41 Å². The Balaban J connectivity index is 2.46. The van der Waals surface area contributed by atoms with Gasteiger partial charge in [0.05, 0.1) is 5.56 Å². The predicted octanol–water partition coefficient (Wildman–Crippen LogP) is 3.57. The molecule has 0 unspecified atom stereocenters. The normalized spacial score (nSPS) is 11.5. The van der Waals surface area contributed by atoms with Gasteiger partial charge in [0.15, 0.2) is 5.78 Å². The number of Topliss-reactive ketones (excluding diaryl/α,β-unsaturated/α-hetero) is 1. The van der Waals surface area contributed by atoms with E-state index in [0.717, 1.165) is 5.56 Å². The summed E-state index contributed by atoms with van der Waals surface area (Å²) in [7, 11) is 0. The SMILES string of the molecule is CC(C)(C)C(=O)c1conc1-c1ccccc1. The van der Waals surface area contributed by atoms with Crippen molar-refractivity contribution in [2.24, 2.45) is 5.41 Å². The van der Waals surface area contributed by atoms with Crippen molar-refractivity contribution < 1.29 is 9.32 Å². The van der Waals surface area contributed by atoms with Crippen molar-refractivity contribution in [3.63, 3.8) is 0 Å². The molecule has 0 N–H and O–H groups in total. The average Bonchev–Trinajstić information content (AvgIpc) is 2.76. The third kappa shape index (κ3) is 2.28. The molecule has 0 radical (unpaired) electrons. The third-order valence-electron chi connectivity index (χ3n) is 2.54. The fourth-order valence-electron chi connectivity index (χ4n) is 1.61. The zero-order chi connectivity index (χ0) is 12.5. The first-order chi connectivity index (χ1) is 8.00. The van der Waals surface area contributed by atoms with Gasteiger partial charge in [-0.1, -0.05) is 56.3 Å². The van der Waals surface area contributed by atoms with Crippen LogP contribution in [0.5, 0.6) is 0 Å². The molecular formula is C14H15NO2. The van der Waals surface area contributed by atoms with Crippen molar-refractivity contribution >= 4 is 5.78 Å². The van der Waals surface area contributed by atoms with Crippen LogP contribution in [0.25, 0.3) is 11.3 Å². The molecule has 0 aliphatic rings. The summed E-state index contributed by atoms with van der Waals surface area (Å²) >= 11 is 0. The summed E-state index contributed by atoms with van der Waals surface area (Å²) in [6.07, 6.45) is 1.43. The summed E-state index contributed by atoms with van der Waals surface area (Å²) in [6, 6.07) is 9.58. The van der Waals surface area contributed by atoms with Gasteiger partial charge in [0.25, 0.3) is 0 Å². The highest BCUT2D eigenvalue weighted by Crippen LogP contribution is 2.28. The quantitative estimate of drug-likeness (QED) is 0.739. The minimum atomic E-state index is -0.435. The lowest BCUT2D eigenvalue weighted by atomic mass is 9.86. The molecular weight excluding hydrogens is 214 g/mol. The monoisotopic (exact) mass is 229 g/mol. The van der Waals surface area contributed by atoms with Gasteiger partial charge in [0, 0.05) is 11.0 Å². The van der Waals surface area contributed by atoms with Gasteiger partial charge in [0.2, 0.25) is 0 Å². The summed E-state index contributed by atoms with van der Waals surface area (Å²) in [5.41, 5.74) is 1.62. The van der Waals surface area contributed by atoms with Crippen molar-refractivity contribution in [2.75, 3.05) is 0 Å². The number of rotatable bonds is 2.